The van der Waals surface area contributed by atoms with Crippen molar-refractivity contribution in [3.05, 3.63) is 29.8 Å². The smallest absolute Gasteiger partial charge is 0.193 e. The van der Waals surface area contributed by atoms with Gasteiger partial charge in [-0.1, -0.05) is 12.1 Å². The van der Waals surface area contributed by atoms with Gasteiger partial charge in [-0.15, -0.1) is 24.0 Å². The van der Waals surface area contributed by atoms with Crippen LogP contribution < -0.4 is 5.32 Å². The molecule has 2 heterocycles. The molecule has 7 heteroatoms. The van der Waals surface area contributed by atoms with E-state index in [1.807, 2.05) is 18.2 Å². The molecule has 1 atom stereocenters. The third kappa shape index (κ3) is 7.12. The highest BCUT2D eigenvalue weighted by Crippen LogP contribution is 2.18. The van der Waals surface area contributed by atoms with E-state index in [0.29, 0.717) is 11.7 Å². The first kappa shape index (κ1) is 22.2. The largest absolute Gasteiger partial charge is 0.508 e. The molecule has 1 aromatic rings. The average Bonchev–Trinajstić information content (AvgIpc) is 3.10. The Bertz CT molecular complexity index is 593. The molecule has 0 aromatic heterocycles. The van der Waals surface area contributed by atoms with Crippen LogP contribution in [-0.2, 0) is 11.2 Å². The summed E-state index contributed by atoms with van der Waals surface area (Å²) < 4.78 is 5.45. The number of nitrogens with zero attached hydrogens (tertiary/aromatic N) is 3. The molecule has 0 saturated carbocycles. The van der Waals surface area contributed by atoms with E-state index in [0.717, 1.165) is 70.4 Å². The average molecular weight is 488 g/mol. The molecule has 6 nitrogen and oxygen atoms in total. The van der Waals surface area contributed by atoms with E-state index in [4.69, 9.17) is 9.73 Å². The van der Waals surface area contributed by atoms with E-state index in [1.54, 1.807) is 6.07 Å². The number of aromatic hydroxyl groups is 1. The Balaban J connectivity index is 0.00000261. The fraction of sp³-hybridized carbons (Fsp3) is 0.650. The van der Waals surface area contributed by atoms with Crippen LogP contribution in [-0.4, -0.2) is 79.9 Å². The minimum Gasteiger partial charge on any atom is -0.508 e. The Hall–Kier alpha value is -1.06. The van der Waals surface area contributed by atoms with Gasteiger partial charge in [-0.2, -0.15) is 0 Å². The molecule has 2 aliphatic heterocycles. The van der Waals surface area contributed by atoms with Crippen molar-refractivity contribution in [1.82, 2.24) is 15.1 Å². The van der Waals surface area contributed by atoms with E-state index in [2.05, 4.69) is 22.0 Å². The summed E-state index contributed by atoms with van der Waals surface area (Å²) in [5, 5.41) is 13.0. The zero-order chi connectivity index (χ0) is 18.2. The Labute approximate surface area is 180 Å². The third-order valence-corrected chi connectivity index (χ3v) is 5.11. The number of rotatable bonds is 6. The number of halogens is 1. The van der Waals surface area contributed by atoms with Crippen molar-refractivity contribution in [1.29, 1.82) is 0 Å². The Morgan fingerprint density at radius 1 is 1.30 bits per heavy atom. The monoisotopic (exact) mass is 488 g/mol. The number of morpholine rings is 1. The van der Waals surface area contributed by atoms with E-state index in [9.17, 15) is 5.11 Å². The maximum atomic E-state index is 9.57. The summed E-state index contributed by atoms with van der Waals surface area (Å²) >= 11 is 0. The number of aliphatic imine (C=N–C) groups is 1. The second-order valence-electron chi connectivity index (χ2n) is 7.17. The topological polar surface area (TPSA) is 60.3 Å². The molecule has 1 aromatic carbocycles. The maximum Gasteiger partial charge on any atom is 0.193 e. The molecule has 0 bridgehead atoms. The first-order valence-electron chi connectivity index (χ1n) is 9.86. The van der Waals surface area contributed by atoms with Crippen LogP contribution in [0.1, 0.15) is 18.9 Å². The zero-order valence-corrected chi connectivity index (χ0v) is 18.6. The molecular weight excluding hydrogens is 455 g/mol. The summed E-state index contributed by atoms with van der Waals surface area (Å²) in [7, 11) is 0. The first-order valence-corrected chi connectivity index (χ1v) is 9.86. The standard InChI is InChI=1S/C20H32N4O2.HI/c1-2-21-20(22-8-6-17-4-3-5-19(25)14-17)24-9-7-18(16-24)15-23-10-12-26-13-11-23;/h3-5,14,18,25H,2,6-13,15-16H2,1H3,(H,21,22);1H. The van der Waals surface area contributed by atoms with Crippen molar-refractivity contribution in [3.63, 3.8) is 0 Å². The SMILES string of the molecule is CCNC(=NCCc1cccc(O)c1)N1CCC(CN2CCOCC2)C1.I. The number of hydrogen-bond acceptors (Lipinski definition) is 4. The maximum absolute atomic E-state index is 9.57. The zero-order valence-electron chi connectivity index (χ0n) is 16.3. The molecule has 2 fully saturated rings. The number of likely N-dealkylation sites (tertiary alicyclic amines) is 1. The Morgan fingerprint density at radius 3 is 2.85 bits per heavy atom. The van der Waals surface area contributed by atoms with Gasteiger partial charge in [0, 0.05) is 45.8 Å². The molecule has 1 unspecified atom stereocenters. The minimum absolute atomic E-state index is 0. The van der Waals surface area contributed by atoms with E-state index >= 15 is 0 Å². The van der Waals surface area contributed by atoms with Gasteiger partial charge in [-0.25, -0.2) is 0 Å². The lowest BCUT2D eigenvalue weighted by Gasteiger charge is -2.29. The highest BCUT2D eigenvalue weighted by molar-refractivity contribution is 14.0. The number of benzene rings is 1. The number of phenolic OH excluding ortho intramolecular Hbond substituents is 1. The summed E-state index contributed by atoms with van der Waals surface area (Å²) in [6, 6.07) is 7.44. The molecule has 152 valence electrons. The van der Waals surface area contributed by atoms with Gasteiger partial charge in [0.05, 0.1) is 13.2 Å². The molecule has 0 spiro atoms. The van der Waals surface area contributed by atoms with Gasteiger partial charge in [0.1, 0.15) is 5.75 Å². The lowest BCUT2D eigenvalue weighted by Crippen LogP contribution is -2.42. The van der Waals surface area contributed by atoms with E-state index in [-0.39, 0.29) is 24.0 Å². The van der Waals surface area contributed by atoms with Gasteiger partial charge < -0.3 is 20.1 Å². The fourth-order valence-corrected chi connectivity index (χ4v) is 3.75. The van der Waals surface area contributed by atoms with Crippen molar-refractivity contribution >= 4 is 29.9 Å². The van der Waals surface area contributed by atoms with Crippen LogP contribution in [0.4, 0.5) is 0 Å². The van der Waals surface area contributed by atoms with Crippen LogP contribution in [0.3, 0.4) is 0 Å². The van der Waals surface area contributed by atoms with Crippen LogP contribution in [0, 0.1) is 5.92 Å². The van der Waals surface area contributed by atoms with Crippen molar-refractivity contribution < 1.29 is 9.84 Å². The molecule has 3 rings (SSSR count). The molecule has 2 saturated heterocycles. The number of guanidine groups is 1. The van der Waals surface area contributed by atoms with Gasteiger partial charge in [0.2, 0.25) is 0 Å². The third-order valence-electron chi connectivity index (χ3n) is 5.11. The predicted octanol–water partition coefficient (Wildman–Crippen LogP) is 2.17. The molecule has 27 heavy (non-hydrogen) atoms. The van der Waals surface area contributed by atoms with Crippen LogP contribution in [0.25, 0.3) is 0 Å². The molecule has 0 radical (unpaired) electrons. The number of nitrogens with one attached hydrogen (secondary N) is 1. The minimum atomic E-state index is 0. The first-order chi connectivity index (χ1) is 12.7. The second-order valence-corrected chi connectivity index (χ2v) is 7.17. The van der Waals surface area contributed by atoms with Crippen molar-refractivity contribution in [2.24, 2.45) is 10.9 Å². The number of phenols is 1. The molecule has 0 aliphatic carbocycles. The summed E-state index contributed by atoms with van der Waals surface area (Å²) in [6.07, 6.45) is 2.07. The Kier molecular flexibility index (Phi) is 9.64. The summed E-state index contributed by atoms with van der Waals surface area (Å²) in [5.41, 5.74) is 1.12. The van der Waals surface area contributed by atoms with E-state index < -0.39 is 0 Å². The van der Waals surface area contributed by atoms with Crippen LogP contribution in [0.5, 0.6) is 5.75 Å². The molecule has 2 aliphatic rings. The predicted molar refractivity (Wildman–Crippen MR) is 120 cm³/mol. The Morgan fingerprint density at radius 2 is 2.11 bits per heavy atom. The van der Waals surface area contributed by atoms with Crippen LogP contribution >= 0.6 is 24.0 Å². The fourth-order valence-electron chi connectivity index (χ4n) is 3.75. The summed E-state index contributed by atoms with van der Waals surface area (Å²) in [6.45, 7) is 10.9. The van der Waals surface area contributed by atoms with Gasteiger partial charge in [-0.05, 0) is 43.4 Å². The second kappa shape index (κ2) is 11.7. The van der Waals surface area contributed by atoms with Gasteiger partial charge >= 0.3 is 0 Å². The highest BCUT2D eigenvalue weighted by atomic mass is 127. The van der Waals surface area contributed by atoms with Gasteiger partial charge in [0.25, 0.3) is 0 Å². The van der Waals surface area contributed by atoms with Crippen LogP contribution in [0.2, 0.25) is 0 Å². The van der Waals surface area contributed by atoms with Crippen LogP contribution in [0.15, 0.2) is 29.3 Å². The number of hydrogen-bond donors (Lipinski definition) is 2. The van der Waals surface area contributed by atoms with Gasteiger partial charge in [0.15, 0.2) is 5.96 Å². The van der Waals surface area contributed by atoms with E-state index in [1.165, 1.54) is 13.0 Å². The lowest BCUT2D eigenvalue weighted by molar-refractivity contribution is 0.0315. The molecular formula is C20H33IN4O2. The summed E-state index contributed by atoms with van der Waals surface area (Å²) in [5.74, 6) is 2.06. The van der Waals surface area contributed by atoms with Crippen molar-refractivity contribution in [2.45, 2.75) is 19.8 Å². The highest BCUT2D eigenvalue weighted by Gasteiger charge is 2.27. The normalized spacial score (nSPS) is 21.1. The van der Waals surface area contributed by atoms with Crippen molar-refractivity contribution in [3.8, 4) is 5.75 Å². The molecule has 0 amide bonds. The molecule has 2 N–H and O–H groups in total. The number of ether oxygens (including phenoxy) is 1. The quantitative estimate of drug-likeness (QED) is 0.365. The summed E-state index contributed by atoms with van der Waals surface area (Å²) in [4.78, 5) is 9.75. The lowest BCUT2D eigenvalue weighted by atomic mass is 10.1. The van der Waals surface area contributed by atoms with Crippen molar-refractivity contribution in [2.75, 3.05) is 59.0 Å². The van der Waals surface area contributed by atoms with Gasteiger partial charge in [-0.3, -0.25) is 9.89 Å².